The van der Waals surface area contributed by atoms with E-state index in [9.17, 15) is 0 Å². The molecule has 412 valence electrons. The highest BCUT2D eigenvalue weighted by molar-refractivity contribution is 7.01. The van der Waals surface area contributed by atoms with Crippen molar-refractivity contribution >= 4 is 104 Å². The summed E-state index contributed by atoms with van der Waals surface area (Å²) in [7, 11) is -2.71. The standard InChI is InChI=1S/C74H75BFN3O2Si/c1-71(2,3)46-25-32-51(33-26-46)77(52-34-27-47(28-35-52)72(4,5)6)54-38-39-60-62(43-54)78(53-36-29-48(30-37-53)73(7,8)9)63-44-56(82(13,14)55-20-17-19-50(76)42-55)45-64-68(63)75(60)67-59-41-49(74(10,11)12)31-40-66(59)81-70(67)79(64)61-23-18-22-58-57-21-15-16-24-65(57)80-69(58)61/h15-45,59,66H,1-14H3. The molecule has 8 aromatic carbocycles. The van der Waals surface area contributed by atoms with Gasteiger partial charge in [0.15, 0.2) is 11.5 Å². The molecule has 0 spiro atoms. The van der Waals surface area contributed by atoms with Crippen LogP contribution >= 0.6 is 0 Å². The van der Waals surface area contributed by atoms with Gasteiger partial charge in [-0.3, -0.25) is 4.90 Å². The Bertz CT molecular complexity index is 4070. The maximum Gasteiger partial charge on any atom is 0.252 e. The first kappa shape index (κ1) is 53.5. The number of rotatable bonds is 7. The second-order valence-corrected chi connectivity index (χ2v) is 32.4. The molecule has 0 bridgehead atoms. The van der Waals surface area contributed by atoms with Crippen LogP contribution in [-0.2, 0) is 21.0 Å². The van der Waals surface area contributed by atoms with Gasteiger partial charge in [0.2, 0.25) is 0 Å². The van der Waals surface area contributed by atoms with Crippen molar-refractivity contribution in [3.8, 4) is 0 Å². The zero-order valence-corrected chi connectivity index (χ0v) is 51.2. The molecule has 0 N–H and O–H groups in total. The minimum Gasteiger partial charge on any atom is -0.471 e. The number of furan rings is 1. The zero-order valence-electron chi connectivity index (χ0n) is 50.2. The number of para-hydroxylation sites is 2. The van der Waals surface area contributed by atoms with Crippen molar-refractivity contribution in [2.45, 2.75) is 119 Å². The predicted octanol–water partition coefficient (Wildman–Crippen LogP) is 17.8. The van der Waals surface area contributed by atoms with Crippen molar-refractivity contribution in [3.05, 3.63) is 228 Å². The molecule has 5 nitrogen and oxygen atoms in total. The quantitative estimate of drug-likeness (QED) is 0.149. The molecule has 82 heavy (non-hydrogen) atoms. The summed E-state index contributed by atoms with van der Waals surface area (Å²) in [6.07, 6.45) is 6.85. The fourth-order valence-electron chi connectivity index (χ4n) is 13.1. The largest absolute Gasteiger partial charge is 0.471 e. The van der Waals surface area contributed by atoms with Crippen molar-refractivity contribution in [3.63, 3.8) is 0 Å². The van der Waals surface area contributed by atoms with Gasteiger partial charge in [0.05, 0.1) is 5.69 Å². The number of hydrogen-bond acceptors (Lipinski definition) is 5. The second-order valence-electron chi connectivity index (χ2n) is 28.0. The highest BCUT2D eigenvalue weighted by atomic mass is 28.3. The molecule has 0 saturated heterocycles. The van der Waals surface area contributed by atoms with E-state index in [0.717, 1.165) is 78.5 Å². The lowest BCUT2D eigenvalue weighted by Gasteiger charge is -2.45. The normalized spacial score (nSPS) is 17.0. The number of halogens is 1. The van der Waals surface area contributed by atoms with Crippen molar-refractivity contribution in [2.24, 2.45) is 11.3 Å². The van der Waals surface area contributed by atoms with Crippen LogP contribution in [0.15, 0.2) is 209 Å². The van der Waals surface area contributed by atoms with Crippen LogP contribution in [0.1, 0.15) is 99.8 Å². The molecule has 1 aromatic heterocycles. The van der Waals surface area contributed by atoms with Gasteiger partial charge < -0.3 is 19.0 Å². The molecule has 4 heterocycles. The maximum atomic E-state index is 15.6. The summed E-state index contributed by atoms with van der Waals surface area (Å²) in [4.78, 5) is 7.37. The van der Waals surface area contributed by atoms with Gasteiger partial charge in [0.25, 0.3) is 6.71 Å². The van der Waals surface area contributed by atoms with Crippen LogP contribution in [0.3, 0.4) is 0 Å². The van der Waals surface area contributed by atoms with Gasteiger partial charge in [-0.1, -0.05) is 204 Å². The molecule has 3 aliphatic heterocycles. The van der Waals surface area contributed by atoms with E-state index >= 15 is 4.39 Å². The Morgan fingerprint density at radius 3 is 1.71 bits per heavy atom. The third-order valence-corrected chi connectivity index (χ3v) is 21.5. The lowest BCUT2D eigenvalue weighted by Crippen LogP contribution is -2.59. The molecular weight excluding hydrogens is 1020 g/mol. The van der Waals surface area contributed by atoms with Gasteiger partial charge in [-0.2, -0.15) is 0 Å². The van der Waals surface area contributed by atoms with E-state index in [2.05, 4.69) is 275 Å². The van der Waals surface area contributed by atoms with E-state index in [1.54, 1.807) is 12.1 Å². The van der Waals surface area contributed by atoms with Crippen LogP contribution < -0.4 is 36.0 Å². The molecule has 0 fully saturated rings. The molecule has 0 amide bonds. The molecule has 0 saturated carbocycles. The van der Waals surface area contributed by atoms with Crippen molar-refractivity contribution in [1.82, 2.24) is 0 Å². The summed E-state index contributed by atoms with van der Waals surface area (Å²) in [6, 6.07) is 61.8. The van der Waals surface area contributed by atoms with Gasteiger partial charge in [0, 0.05) is 56.5 Å². The molecule has 1 aliphatic carbocycles. The van der Waals surface area contributed by atoms with Crippen LogP contribution in [0.5, 0.6) is 0 Å². The molecule has 2 unspecified atom stereocenters. The highest BCUT2D eigenvalue weighted by Gasteiger charge is 2.53. The van der Waals surface area contributed by atoms with E-state index in [4.69, 9.17) is 9.15 Å². The Balaban J connectivity index is 1.14. The van der Waals surface area contributed by atoms with Crippen LogP contribution in [0.25, 0.3) is 21.9 Å². The van der Waals surface area contributed by atoms with E-state index in [0.29, 0.717) is 0 Å². The summed E-state index contributed by atoms with van der Waals surface area (Å²) >= 11 is 0. The van der Waals surface area contributed by atoms with Crippen molar-refractivity contribution in [1.29, 1.82) is 0 Å². The zero-order chi connectivity index (χ0) is 57.6. The van der Waals surface area contributed by atoms with Gasteiger partial charge in [0.1, 0.15) is 25.6 Å². The SMILES string of the molecule is CC(C)(C)C1=CC2C3=C(OC2C=C1)N(c1cccc2c1oc1ccccc12)c1cc([Si](C)(C)c2cccc(F)c2)cc2c1B3c1ccc(N(c3ccc(C(C)(C)C)cc3)c3ccc(C(C)(C)C)cc3)cc1N2c1ccc(C(C)(C)C)cc1. The second kappa shape index (κ2) is 18.9. The number of anilines is 8. The predicted molar refractivity (Wildman–Crippen MR) is 348 cm³/mol. The summed E-state index contributed by atoms with van der Waals surface area (Å²) in [5, 5.41) is 4.32. The summed E-state index contributed by atoms with van der Waals surface area (Å²) in [6.45, 7) is 31.9. The number of benzene rings is 8. The number of nitrogens with zero attached hydrogens (tertiary/aromatic N) is 3. The topological polar surface area (TPSA) is 32.1 Å². The molecular formula is C74H75BFN3O2Si. The molecule has 8 heteroatoms. The van der Waals surface area contributed by atoms with E-state index in [1.807, 2.05) is 12.1 Å². The fourth-order valence-corrected chi connectivity index (χ4v) is 15.4. The van der Waals surface area contributed by atoms with Gasteiger partial charge in [-0.05, 0) is 151 Å². The Morgan fingerprint density at radius 1 is 0.524 bits per heavy atom. The Hall–Kier alpha value is -7.81. The lowest BCUT2D eigenvalue weighted by atomic mass is 9.31. The lowest BCUT2D eigenvalue weighted by molar-refractivity contribution is 0.161. The first-order chi connectivity index (χ1) is 38.8. The van der Waals surface area contributed by atoms with E-state index in [1.165, 1.54) is 43.8 Å². The number of ether oxygens (including phenoxy) is 1. The molecule has 13 rings (SSSR count). The van der Waals surface area contributed by atoms with E-state index in [-0.39, 0.29) is 46.2 Å². The van der Waals surface area contributed by atoms with Gasteiger partial charge in [-0.25, -0.2) is 4.39 Å². The number of allylic oxidation sites excluding steroid dienone is 2. The maximum absolute atomic E-state index is 15.6. The van der Waals surface area contributed by atoms with Crippen LogP contribution in [-0.4, -0.2) is 20.9 Å². The van der Waals surface area contributed by atoms with Crippen LogP contribution in [0, 0.1) is 17.2 Å². The Labute approximate surface area is 486 Å². The molecule has 0 radical (unpaired) electrons. The van der Waals surface area contributed by atoms with Crippen molar-refractivity contribution in [2.75, 3.05) is 14.7 Å². The first-order valence-electron chi connectivity index (χ1n) is 29.4. The Kier molecular flexibility index (Phi) is 12.3. The first-order valence-corrected chi connectivity index (χ1v) is 32.4. The van der Waals surface area contributed by atoms with Gasteiger partial charge in [-0.15, -0.1) is 0 Å². The third kappa shape index (κ3) is 8.86. The number of hydrogen-bond donors (Lipinski definition) is 0. The monoisotopic (exact) mass is 1100 g/mol. The molecule has 4 aliphatic rings. The van der Waals surface area contributed by atoms with Crippen molar-refractivity contribution < 1.29 is 13.5 Å². The molecule has 2 atom stereocenters. The number of fused-ring (bicyclic) bond motifs is 8. The average Bonchev–Trinajstić information content (AvgIpc) is 1.30. The van der Waals surface area contributed by atoms with Crippen LogP contribution in [0.2, 0.25) is 13.1 Å². The minimum atomic E-state index is -2.71. The fraction of sp³-hybridized carbons (Fsp3) is 0.270. The van der Waals surface area contributed by atoms with E-state index < -0.39 is 8.07 Å². The third-order valence-electron chi connectivity index (χ3n) is 18.0. The average molecular weight is 1100 g/mol. The molecule has 9 aromatic rings. The summed E-state index contributed by atoms with van der Waals surface area (Å²) < 4.78 is 30.2. The summed E-state index contributed by atoms with van der Waals surface area (Å²) in [5.74, 6) is 0.540. The highest BCUT2D eigenvalue weighted by Crippen LogP contribution is 2.53. The Morgan fingerprint density at radius 2 is 1.10 bits per heavy atom. The summed E-state index contributed by atoms with van der Waals surface area (Å²) in [5.41, 5.74) is 18.7. The minimum absolute atomic E-state index is 0.00855. The van der Waals surface area contributed by atoms with Crippen LogP contribution in [0.4, 0.5) is 49.9 Å². The van der Waals surface area contributed by atoms with Gasteiger partial charge >= 0.3 is 0 Å². The smallest absolute Gasteiger partial charge is 0.252 e.